The number of halogens is 4. The summed E-state index contributed by atoms with van der Waals surface area (Å²) in [5.41, 5.74) is -0.200. The molecule has 166 valence electrons. The molecule has 0 aliphatic rings. The van der Waals surface area contributed by atoms with Crippen molar-refractivity contribution in [3.8, 4) is 11.3 Å². The van der Waals surface area contributed by atoms with Gasteiger partial charge < -0.3 is 10.1 Å². The number of benzene rings is 2. The summed E-state index contributed by atoms with van der Waals surface area (Å²) in [4.78, 5) is 31.7. The van der Waals surface area contributed by atoms with Gasteiger partial charge >= 0.3 is 12.1 Å². The number of alkyl halides is 3. The summed E-state index contributed by atoms with van der Waals surface area (Å²) in [5, 5.41) is 2.49. The highest BCUT2D eigenvalue weighted by atomic mass is 35.5. The number of nitrogens with one attached hydrogen (secondary N) is 1. The largest absolute Gasteiger partial charge is 0.465 e. The number of hydrogen-bond donors (Lipinski definition) is 1. The third kappa shape index (κ3) is 5.98. The van der Waals surface area contributed by atoms with Crippen LogP contribution in [-0.2, 0) is 15.7 Å². The van der Waals surface area contributed by atoms with Gasteiger partial charge in [-0.05, 0) is 24.3 Å². The van der Waals surface area contributed by atoms with Crippen molar-refractivity contribution < 1.29 is 27.5 Å². The highest BCUT2D eigenvalue weighted by Gasteiger charge is 2.34. The van der Waals surface area contributed by atoms with E-state index in [0.29, 0.717) is 5.56 Å². The fourth-order valence-corrected chi connectivity index (χ4v) is 3.40. The van der Waals surface area contributed by atoms with Crippen molar-refractivity contribution in [2.24, 2.45) is 0 Å². The van der Waals surface area contributed by atoms with Gasteiger partial charge in [0.25, 0.3) is 0 Å². The summed E-state index contributed by atoms with van der Waals surface area (Å²) < 4.78 is 44.5. The van der Waals surface area contributed by atoms with Crippen LogP contribution in [0.4, 0.5) is 18.9 Å². The third-order valence-electron chi connectivity index (χ3n) is 4.06. The van der Waals surface area contributed by atoms with E-state index in [2.05, 4.69) is 20.0 Å². The Hall–Kier alpha value is -3.11. The molecule has 0 aliphatic heterocycles. The minimum Gasteiger partial charge on any atom is -0.465 e. The Kier molecular flexibility index (Phi) is 7.37. The van der Waals surface area contributed by atoms with E-state index in [1.54, 1.807) is 30.3 Å². The van der Waals surface area contributed by atoms with Gasteiger partial charge in [0.1, 0.15) is 5.69 Å². The van der Waals surface area contributed by atoms with E-state index in [1.165, 1.54) is 25.3 Å². The monoisotopic (exact) mass is 481 g/mol. The number of nitrogens with zero attached hydrogens (tertiary/aromatic N) is 2. The first kappa shape index (κ1) is 23.6. The molecule has 1 amide bonds. The first-order valence-electron chi connectivity index (χ1n) is 8.99. The molecule has 11 heteroatoms. The standard InChI is InChI=1S/C21H15ClF3N3O3S/c1-31-19(30)13-7-8-14(22)16(9-13)26-18(29)11-32-20-27-15(12-5-3-2-4-6-12)10-17(28-20)21(23,24)25/h2-10H,11H2,1H3,(H,26,29). The molecule has 3 aromatic rings. The number of thioether (sulfide) groups is 1. The molecule has 1 aromatic heterocycles. The molecule has 0 radical (unpaired) electrons. The molecule has 0 bridgehead atoms. The number of carbonyl (C=O) groups is 2. The minimum absolute atomic E-state index is 0.0876. The van der Waals surface area contributed by atoms with Gasteiger partial charge in [0, 0.05) is 5.56 Å². The maximum atomic E-state index is 13.3. The van der Waals surface area contributed by atoms with Gasteiger partial charge in [-0.25, -0.2) is 14.8 Å². The van der Waals surface area contributed by atoms with Crippen LogP contribution in [0.1, 0.15) is 16.1 Å². The van der Waals surface area contributed by atoms with Crippen molar-refractivity contribution >= 4 is 40.9 Å². The molecule has 0 aliphatic carbocycles. The molecule has 1 N–H and O–H groups in total. The average molecular weight is 482 g/mol. The first-order valence-corrected chi connectivity index (χ1v) is 10.4. The van der Waals surface area contributed by atoms with E-state index < -0.39 is 23.7 Å². The highest BCUT2D eigenvalue weighted by Crippen LogP contribution is 2.32. The van der Waals surface area contributed by atoms with Crippen LogP contribution >= 0.6 is 23.4 Å². The zero-order chi connectivity index (χ0) is 23.3. The number of esters is 1. The van der Waals surface area contributed by atoms with E-state index in [9.17, 15) is 22.8 Å². The van der Waals surface area contributed by atoms with Gasteiger partial charge in [-0.15, -0.1) is 0 Å². The van der Waals surface area contributed by atoms with Crippen LogP contribution in [0, 0.1) is 0 Å². The van der Waals surface area contributed by atoms with Crippen LogP contribution in [-0.4, -0.2) is 34.7 Å². The smallest absolute Gasteiger partial charge is 0.433 e. The molecule has 0 fully saturated rings. The molecule has 0 atom stereocenters. The topological polar surface area (TPSA) is 81.2 Å². The van der Waals surface area contributed by atoms with Crippen molar-refractivity contribution in [3.05, 3.63) is 70.9 Å². The van der Waals surface area contributed by atoms with Gasteiger partial charge in [-0.3, -0.25) is 4.79 Å². The van der Waals surface area contributed by atoms with Gasteiger partial charge in [-0.2, -0.15) is 13.2 Å². The Morgan fingerprint density at radius 2 is 1.81 bits per heavy atom. The first-order chi connectivity index (χ1) is 15.2. The second-order valence-corrected chi connectivity index (χ2v) is 7.66. The minimum atomic E-state index is -4.67. The molecule has 3 rings (SSSR count). The SMILES string of the molecule is COC(=O)c1ccc(Cl)c(NC(=O)CSc2nc(-c3ccccc3)cc(C(F)(F)F)n2)c1. The zero-order valence-electron chi connectivity index (χ0n) is 16.4. The Balaban J connectivity index is 1.78. The molecule has 32 heavy (non-hydrogen) atoms. The predicted octanol–water partition coefficient (Wildman–Crippen LogP) is 5.33. The van der Waals surface area contributed by atoms with E-state index in [1.807, 2.05) is 0 Å². The van der Waals surface area contributed by atoms with E-state index in [4.69, 9.17) is 11.6 Å². The maximum Gasteiger partial charge on any atom is 0.433 e. The number of hydrogen-bond acceptors (Lipinski definition) is 6. The lowest BCUT2D eigenvalue weighted by Gasteiger charge is -2.11. The van der Waals surface area contributed by atoms with Crippen molar-refractivity contribution in [1.82, 2.24) is 9.97 Å². The number of rotatable bonds is 6. The van der Waals surface area contributed by atoms with Gasteiger partial charge in [0.2, 0.25) is 5.91 Å². The summed E-state index contributed by atoms with van der Waals surface area (Å²) in [5.74, 6) is -1.47. The van der Waals surface area contributed by atoms with Crippen LogP contribution in [0.15, 0.2) is 59.8 Å². The van der Waals surface area contributed by atoms with Crippen LogP contribution in [0.25, 0.3) is 11.3 Å². The normalized spacial score (nSPS) is 11.2. The fourth-order valence-electron chi connectivity index (χ4n) is 2.57. The number of amides is 1. The second kappa shape index (κ2) is 10.0. The lowest BCUT2D eigenvalue weighted by Crippen LogP contribution is -2.16. The predicted molar refractivity (Wildman–Crippen MR) is 115 cm³/mol. The van der Waals surface area contributed by atoms with E-state index in [-0.39, 0.29) is 32.9 Å². The summed E-state index contributed by atoms with van der Waals surface area (Å²) in [6, 6.07) is 13.4. The summed E-state index contributed by atoms with van der Waals surface area (Å²) in [7, 11) is 1.21. The van der Waals surface area contributed by atoms with Crippen LogP contribution in [0.3, 0.4) is 0 Å². The van der Waals surface area contributed by atoms with Crippen molar-refractivity contribution in [2.45, 2.75) is 11.3 Å². The Morgan fingerprint density at radius 1 is 1.09 bits per heavy atom. The summed E-state index contributed by atoms with van der Waals surface area (Å²) >= 11 is 6.78. The fraction of sp³-hybridized carbons (Fsp3) is 0.143. The molecule has 0 saturated heterocycles. The van der Waals surface area contributed by atoms with Crippen molar-refractivity contribution in [2.75, 3.05) is 18.2 Å². The number of aromatic nitrogens is 2. The lowest BCUT2D eigenvalue weighted by atomic mass is 10.1. The molecular weight excluding hydrogens is 467 g/mol. The number of anilines is 1. The quantitative estimate of drug-likeness (QED) is 0.291. The Labute approximate surface area is 190 Å². The van der Waals surface area contributed by atoms with Crippen LogP contribution in [0.5, 0.6) is 0 Å². The van der Waals surface area contributed by atoms with Gasteiger partial charge in [-0.1, -0.05) is 53.7 Å². The molecule has 0 unspecified atom stereocenters. The second-order valence-electron chi connectivity index (χ2n) is 6.31. The van der Waals surface area contributed by atoms with Gasteiger partial charge in [0.15, 0.2) is 5.16 Å². The molecule has 1 heterocycles. The molecule has 6 nitrogen and oxygen atoms in total. The molecule has 0 saturated carbocycles. The number of methoxy groups -OCH3 is 1. The summed E-state index contributed by atoms with van der Waals surface area (Å²) in [6.45, 7) is 0. The van der Waals surface area contributed by atoms with Crippen LogP contribution < -0.4 is 5.32 Å². The van der Waals surface area contributed by atoms with Crippen molar-refractivity contribution in [3.63, 3.8) is 0 Å². The average Bonchev–Trinajstić information content (AvgIpc) is 2.78. The van der Waals surface area contributed by atoms with Crippen molar-refractivity contribution in [1.29, 1.82) is 0 Å². The molecule has 0 spiro atoms. The number of carbonyl (C=O) groups excluding carboxylic acids is 2. The van der Waals surface area contributed by atoms with E-state index >= 15 is 0 Å². The highest BCUT2D eigenvalue weighted by molar-refractivity contribution is 7.99. The van der Waals surface area contributed by atoms with Gasteiger partial charge in [0.05, 0.1) is 34.8 Å². The molecule has 2 aromatic carbocycles. The lowest BCUT2D eigenvalue weighted by molar-refractivity contribution is -0.141. The third-order valence-corrected chi connectivity index (χ3v) is 5.24. The Morgan fingerprint density at radius 3 is 2.47 bits per heavy atom. The maximum absolute atomic E-state index is 13.3. The number of ether oxygens (including phenoxy) is 1. The van der Waals surface area contributed by atoms with E-state index in [0.717, 1.165) is 17.8 Å². The Bertz CT molecular complexity index is 1140. The van der Waals surface area contributed by atoms with Crippen LogP contribution in [0.2, 0.25) is 5.02 Å². The zero-order valence-corrected chi connectivity index (χ0v) is 18.0. The molecular formula is C21H15ClF3N3O3S. The summed E-state index contributed by atoms with van der Waals surface area (Å²) in [6.07, 6.45) is -4.67.